The number of ether oxygens (including phenoxy) is 1. The minimum Gasteiger partial charge on any atom is -0.385 e. The summed E-state index contributed by atoms with van der Waals surface area (Å²) >= 11 is 0. The van der Waals surface area contributed by atoms with Gasteiger partial charge in [0.2, 0.25) is 5.95 Å². The lowest BCUT2D eigenvalue weighted by atomic mass is 10.0. The van der Waals surface area contributed by atoms with Gasteiger partial charge in [-0.15, -0.1) is 0 Å². The van der Waals surface area contributed by atoms with Gasteiger partial charge < -0.3 is 14.6 Å². The number of anilines is 1. The number of para-hydroxylation sites is 2. The number of nitrogens with one attached hydrogen (secondary N) is 1. The number of methoxy groups -OCH3 is 1. The van der Waals surface area contributed by atoms with Crippen LogP contribution in [0.15, 0.2) is 24.3 Å². The van der Waals surface area contributed by atoms with Crippen molar-refractivity contribution in [3.05, 3.63) is 24.3 Å². The Labute approximate surface area is 113 Å². The molecule has 0 atom stereocenters. The molecule has 1 fully saturated rings. The molecule has 3 rings (SSSR count). The molecule has 0 bridgehead atoms. The van der Waals surface area contributed by atoms with Gasteiger partial charge in [0, 0.05) is 27.3 Å². The molecule has 2 aromatic rings. The molecular weight excluding hydrogens is 238 g/mol. The van der Waals surface area contributed by atoms with E-state index in [4.69, 9.17) is 4.74 Å². The van der Waals surface area contributed by atoms with E-state index in [-0.39, 0.29) is 0 Å². The summed E-state index contributed by atoms with van der Waals surface area (Å²) < 4.78 is 7.32. The monoisotopic (exact) mass is 259 g/mol. The van der Waals surface area contributed by atoms with Crippen LogP contribution in [0.25, 0.3) is 11.0 Å². The normalized spacial score (nSPS) is 16.7. The summed E-state index contributed by atoms with van der Waals surface area (Å²) in [7, 11) is 3.83. The van der Waals surface area contributed by atoms with Gasteiger partial charge in [-0.3, -0.25) is 0 Å². The van der Waals surface area contributed by atoms with Crippen LogP contribution in [-0.2, 0) is 11.8 Å². The van der Waals surface area contributed by atoms with Gasteiger partial charge in [-0.25, -0.2) is 4.98 Å². The van der Waals surface area contributed by atoms with Crippen LogP contribution in [-0.4, -0.2) is 29.8 Å². The molecule has 0 aliphatic heterocycles. The zero-order valence-electron chi connectivity index (χ0n) is 11.6. The molecule has 1 aromatic heterocycles. The van der Waals surface area contributed by atoms with E-state index in [1.165, 1.54) is 18.4 Å². The number of rotatable bonds is 6. The Bertz CT molecular complexity index is 572. The molecule has 1 aromatic carbocycles. The largest absolute Gasteiger partial charge is 0.385 e. The summed E-state index contributed by atoms with van der Waals surface area (Å²) in [5, 5.41) is 3.51. The van der Waals surface area contributed by atoms with E-state index < -0.39 is 0 Å². The summed E-state index contributed by atoms with van der Waals surface area (Å²) in [6.07, 6.45) is 3.74. The van der Waals surface area contributed by atoms with E-state index >= 15 is 0 Å². The molecule has 102 valence electrons. The van der Waals surface area contributed by atoms with E-state index in [1.54, 1.807) is 7.11 Å². The molecule has 0 amide bonds. The summed E-state index contributed by atoms with van der Waals surface area (Å²) in [6.45, 7) is 1.84. The number of imidazole rings is 1. The highest BCUT2D eigenvalue weighted by Crippen LogP contribution is 2.48. The first-order valence-electron chi connectivity index (χ1n) is 6.88. The maximum absolute atomic E-state index is 5.19. The quantitative estimate of drug-likeness (QED) is 0.867. The average Bonchev–Trinajstić information content (AvgIpc) is 3.14. The third-order valence-corrected chi connectivity index (χ3v) is 4.20. The molecule has 1 aliphatic carbocycles. The predicted octanol–water partition coefficient (Wildman–Crippen LogP) is 2.80. The van der Waals surface area contributed by atoms with E-state index in [2.05, 4.69) is 40.1 Å². The Morgan fingerprint density at radius 2 is 2.16 bits per heavy atom. The highest BCUT2D eigenvalue weighted by molar-refractivity contribution is 5.78. The van der Waals surface area contributed by atoms with Crippen LogP contribution in [0.1, 0.15) is 19.3 Å². The third kappa shape index (κ3) is 2.45. The smallest absolute Gasteiger partial charge is 0.203 e. The van der Waals surface area contributed by atoms with Crippen molar-refractivity contribution >= 4 is 17.0 Å². The van der Waals surface area contributed by atoms with Gasteiger partial charge in [-0.2, -0.15) is 0 Å². The van der Waals surface area contributed by atoms with Crippen molar-refractivity contribution in [1.29, 1.82) is 0 Å². The van der Waals surface area contributed by atoms with Gasteiger partial charge in [0.05, 0.1) is 11.0 Å². The van der Waals surface area contributed by atoms with Crippen molar-refractivity contribution in [2.45, 2.75) is 19.3 Å². The second-order valence-corrected chi connectivity index (χ2v) is 5.58. The van der Waals surface area contributed by atoms with Gasteiger partial charge >= 0.3 is 0 Å². The number of benzene rings is 1. The first-order valence-corrected chi connectivity index (χ1v) is 6.88. The van der Waals surface area contributed by atoms with E-state index in [9.17, 15) is 0 Å². The van der Waals surface area contributed by atoms with Crippen molar-refractivity contribution in [1.82, 2.24) is 9.55 Å². The van der Waals surface area contributed by atoms with Crippen molar-refractivity contribution < 1.29 is 4.74 Å². The number of aromatic nitrogens is 2. The van der Waals surface area contributed by atoms with Crippen LogP contribution in [0.4, 0.5) is 5.95 Å². The van der Waals surface area contributed by atoms with Crippen molar-refractivity contribution in [3.8, 4) is 0 Å². The Balaban J connectivity index is 1.70. The minimum absolute atomic E-state index is 0.439. The summed E-state index contributed by atoms with van der Waals surface area (Å²) in [6, 6.07) is 8.23. The summed E-state index contributed by atoms with van der Waals surface area (Å²) in [4.78, 5) is 4.64. The first kappa shape index (κ1) is 12.5. The van der Waals surface area contributed by atoms with E-state index in [0.29, 0.717) is 5.41 Å². The topological polar surface area (TPSA) is 39.1 Å². The predicted molar refractivity (Wildman–Crippen MR) is 77.4 cm³/mol. The van der Waals surface area contributed by atoms with E-state index in [0.717, 1.165) is 31.0 Å². The maximum atomic E-state index is 5.19. The number of fused-ring (bicyclic) bond motifs is 1. The fraction of sp³-hybridized carbons (Fsp3) is 0.533. The number of nitrogens with zero attached hydrogens (tertiary/aromatic N) is 2. The zero-order chi connectivity index (χ0) is 13.3. The van der Waals surface area contributed by atoms with E-state index in [1.807, 2.05) is 6.07 Å². The van der Waals surface area contributed by atoms with Crippen LogP contribution in [0.5, 0.6) is 0 Å². The van der Waals surface area contributed by atoms with Crippen LogP contribution < -0.4 is 5.32 Å². The zero-order valence-corrected chi connectivity index (χ0v) is 11.6. The average molecular weight is 259 g/mol. The standard InChI is InChI=1S/C15H21N3O/c1-18-13-6-4-3-5-12(13)17-14(18)16-11-15(7-8-15)9-10-19-2/h3-6H,7-11H2,1-2H3,(H,16,17). The number of aryl methyl sites for hydroxylation is 1. The number of hydrogen-bond acceptors (Lipinski definition) is 3. The lowest BCUT2D eigenvalue weighted by Crippen LogP contribution is -2.19. The molecule has 1 heterocycles. The molecule has 1 N–H and O–H groups in total. The highest BCUT2D eigenvalue weighted by atomic mass is 16.5. The van der Waals surface area contributed by atoms with Gasteiger partial charge in [0.25, 0.3) is 0 Å². The van der Waals surface area contributed by atoms with Gasteiger partial charge in [-0.1, -0.05) is 12.1 Å². The molecule has 1 aliphatic rings. The second kappa shape index (κ2) is 4.85. The molecule has 4 heteroatoms. The van der Waals surface area contributed by atoms with Crippen molar-refractivity contribution in [2.75, 3.05) is 25.6 Å². The maximum Gasteiger partial charge on any atom is 0.203 e. The molecule has 0 saturated heterocycles. The molecular formula is C15H21N3O. The summed E-state index contributed by atoms with van der Waals surface area (Å²) in [5.41, 5.74) is 2.66. The Kier molecular flexibility index (Phi) is 3.19. The SMILES string of the molecule is COCCC1(CNc2nc3ccccc3n2C)CC1. The lowest BCUT2D eigenvalue weighted by Gasteiger charge is -2.15. The van der Waals surface area contributed by atoms with Gasteiger partial charge in [0.15, 0.2) is 0 Å². The van der Waals surface area contributed by atoms with Crippen LogP contribution >= 0.6 is 0 Å². The first-order chi connectivity index (χ1) is 9.24. The third-order valence-electron chi connectivity index (χ3n) is 4.20. The molecule has 0 radical (unpaired) electrons. The van der Waals surface area contributed by atoms with Gasteiger partial charge in [-0.05, 0) is 36.8 Å². The van der Waals surface area contributed by atoms with Crippen LogP contribution in [0, 0.1) is 5.41 Å². The summed E-state index contributed by atoms with van der Waals surface area (Å²) in [5.74, 6) is 0.963. The van der Waals surface area contributed by atoms with Crippen molar-refractivity contribution in [2.24, 2.45) is 12.5 Å². The minimum atomic E-state index is 0.439. The molecule has 4 nitrogen and oxygen atoms in total. The van der Waals surface area contributed by atoms with Crippen molar-refractivity contribution in [3.63, 3.8) is 0 Å². The Morgan fingerprint density at radius 1 is 1.37 bits per heavy atom. The fourth-order valence-electron chi connectivity index (χ4n) is 2.58. The molecule has 0 spiro atoms. The fourth-order valence-corrected chi connectivity index (χ4v) is 2.58. The highest BCUT2D eigenvalue weighted by Gasteiger charge is 2.41. The Hall–Kier alpha value is -1.55. The van der Waals surface area contributed by atoms with Gasteiger partial charge in [0.1, 0.15) is 0 Å². The molecule has 19 heavy (non-hydrogen) atoms. The molecule has 1 saturated carbocycles. The molecule has 0 unspecified atom stereocenters. The Morgan fingerprint density at radius 3 is 2.84 bits per heavy atom. The second-order valence-electron chi connectivity index (χ2n) is 5.58. The van der Waals surface area contributed by atoms with Crippen LogP contribution in [0.2, 0.25) is 0 Å². The lowest BCUT2D eigenvalue weighted by molar-refractivity contribution is 0.174. The number of hydrogen-bond donors (Lipinski definition) is 1. The van der Waals surface area contributed by atoms with Crippen LogP contribution in [0.3, 0.4) is 0 Å².